The Bertz CT molecular complexity index is 800. The number of piperidine rings is 1. The number of ether oxygens (including phenoxy) is 1. The molecule has 1 atom stereocenters. The molecule has 1 aromatic heterocycles. The molecule has 150 valence electrons. The maximum atomic E-state index is 12.5. The van der Waals surface area contributed by atoms with Crippen LogP contribution in [0.1, 0.15) is 24.0 Å². The van der Waals surface area contributed by atoms with Crippen LogP contribution in [0.25, 0.3) is 0 Å². The number of carbonyl (C=O) groups is 2. The first kappa shape index (κ1) is 19.9. The van der Waals surface area contributed by atoms with E-state index in [-0.39, 0.29) is 17.7 Å². The highest BCUT2D eigenvalue weighted by molar-refractivity contribution is 5.83. The van der Waals surface area contributed by atoms with E-state index in [0.717, 1.165) is 29.7 Å². The minimum Gasteiger partial charge on any atom is -0.497 e. The number of rotatable bonds is 8. The lowest BCUT2D eigenvalue weighted by atomic mass is 9.96. The van der Waals surface area contributed by atoms with Gasteiger partial charge in [0.1, 0.15) is 5.75 Å². The van der Waals surface area contributed by atoms with Crippen LogP contribution in [-0.4, -0.2) is 53.2 Å². The molecule has 1 fully saturated rings. The van der Waals surface area contributed by atoms with Gasteiger partial charge in [0.2, 0.25) is 11.8 Å². The zero-order valence-electron chi connectivity index (χ0n) is 16.6. The molecule has 3 rings (SSSR count). The monoisotopic (exact) mass is 384 g/mol. The molecule has 2 amide bonds. The largest absolute Gasteiger partial charge is 0.497 e. The third-order valence-electron chi connectivity index (χ3n) is 5.17. The first-order chi connectivity index (χ1) is 13.5. The fourth-order valence-electron chi connectivity index (χ4n) is 3.48. The van der Waals surface area contributed by atoms with Crippen molar-refractivity contribution in [1.82, 2.24) is 20.0 Å². The Hall–Kier alpha value is -2.83. The lowest BCUT2D eigenvalue weighted by molar-refractivity contribution is -0.138. The summed E-state index contributed by atoms with van der Waals surface area (Å²) in [6.07, 6.45) is 6.34. The van der Waals surface area contributed by atoms with Gasteiger partial charge >= 0.3 is 0 Å². The molecule has 0 radical (unpaired) electrons. The van der Waals surface area contributed by atoms with E-state index >= 15 is 0 Å². The molecule has 0 aliphatic carbocycles. The van der Waals surface area contributed by atoms with Gasteiger partial charge in [0.05, 0.1) is 19.2 Å². The maximum absolute atomic E-state index is 12.5. The van der Waals surface area contributed by atoms with Crippen molar-refractivity contribution in [2.45, 2.75) is 25.7 Å². The van der Waals surface area contributed by atoms with Crippen molar-refractivity contribution < 1.29 is 14.3 Å². The van der Waals surface area contributed by atoms with Crippen LogP contribution < -0.4 is 10.1 Å². The molecule has 7 heteroatoms. The average molecular weight is 384 g/mol. The third-order valence-corrected chi connectivity index (χ3v) is 5.17. The number of likely N-dealkylation sites (tertiary alicyclic amines) is 1. The van der Waals surface area contributed by atoms with Crippen molar-refractivity contribution in [2.24, 2.45) is 13.0 Å². The molecule has 0 spiro atoms. The number of nitrogens with zero attached hydrogens (tertiary/aromatic N) is 3. The number of methoxy groups -OCH3 is 1. The molecule has 2 heterocycles. The van der Waals surface area contributed by atoms with Gasteiger partial charge < -0.3 is 15.0 Å². The molecule has 28 heavy (non-hydrogen) atoms. The Morgan fingerprint density at radius 2 is 2.04 bits per heavy atom. The molecule has 0 unspecified atom stereocenters. The topological polar surface area (TPSA) is 76.5 Å². The highest BCUT2D eigenvalue weighted by Gasteiger charge is 2.29. The molecule has 7 nitrogen and oxygen atoms in total. The summed E-state index contributed by atoms with van der Waals surface area (Å²) in [5, 5.41) is 7.13. The van der Waals surface area contributed by atoms with Crippen LogP contribution in [0.3, 0.4) is 0 Å². The fraction of sp³-hybridized carbons (Fsp3) is 0.476. The average Bonchev–Trinajstić information content (AvgIpc) is 3.12. The van der Waals surface area contributed by atoms with Gasteiger partial charge in [-0.1, -0.05) is 12.1 Å². The number of hydrogen-bond donors (Lipinski definition) is 1. The zero-order chi connectivity index (χ0) is 19.9. The van der Waals surface area contributed by atoms with E-state index in [4.69, 9.17) is 4.74 Å². The Labute approximate surface area is 165 Å². The Balaban J connectivity index is 1.45. The zero-order valence-corrected chi connectivity index (χ0v) is 16.6. The van der Waals surface area contributed by atoms with Crippen molar-refractivity contribution in [3.05, 3.63) is 47.8 Å². The summed E-state index contributed by atoms with van der Waals surface area (Å²) in [6.45, 7) is 1.71. The molecule has 1 N–H and O–H groups in total. The van der Waals surface area contributed by atoms with Crippen LogP contribution in [0.2, 0.25) is 0 Å². The van der Waals surface area contributed by atoms with Gasteiger partial charge in [-0.25, -0.2) is 0 Å². The molecule has 2 aromatic rings. The number of hydrogen-bond acceptors (Lipinski definition) is 4. The number of carbonyl (C=O) groups excluding carboxylic acids is 2. The molecular weight excluding hydrogens is 356 g/mol. The first-order valence-electron chi connectivity index (χ1n) is 9.71. The van der Waals surface area contributed by atoms with E-state index < -0.39 is 0 Å². The van der Waals surface area contributed by atoms with Crippen LogP contribution >= 0.6 is 0 Å². The standard InChI is InChI=1S/C21H28N4O3/c1-24-14-17(13-23-24)9-11-22-21(27)18-5-8-20(26)25(15-18)12-10-16-3-6-19(28-2)7-4-16/h3-4,6-7,13-14,18H,5,8-12,15H2,1-2H3,(H,22,27)/t18-/m1/s1. The van der Waals surface area contributed by atoms with Crippen molar-refractivity contribution in [2.75, 3.05) is 26.7 Å². The summed E-state index contributed by atoms with van der Waals surface area (Å²) < 4.78 is 6.92. The van der Waals surface area contributed by atoms with Crippen LogP contribution in [0.5, 0.6) is 5.75 Å². The summed E-state index contributed by atoms with van der Waals surface area (Å²) in [5.41, 5.74) is 2.25. The van der Waals surface area contributed by atoms with E-state index in [1.54, 1.807) is 11.8 Å². The summed E-state index contributed by atoms with van der Waals surface area (Å²) >= 11 is 0. The van der Waals surface area contributed by atoms with Crippen LogP contribution in [0, 0.1) is 5.92 Å². The van der Waals surface area contributed by atoms with Crippen molar-refractivity contribution in [3.63, 3.8) is 0 Å². The van der Waals surface area contributed by atoms with E-state index in [1.807, 2.05) is 48.6 Å². The second-order valence-electron chi connectivity index (χ2n) is 7.24. The van der Waals surface area contributed by atoms with Gasteiger partial charge in [0.25, 0.3) is 0 Å². The van der Waals surface area contributed by atoms with Crippen molar-refractivity contribution in [3.8, 4) is 5.75 Å². The quantitative estimate of drug-likeness (QED) is 0.750. The predicted molar refractivity (Wildman–Crippen MR) is 106 cm³/mol. The number of nitrogens with one attached hydrogen (secondary N) is 1. The van der Waals surface area contributed by atoms with E-state index in [2.05, 4.69) is 10.4 Å². The number of aryl methyl sites for hydroxylation is 1. The smallest absolute Gasteiger partial charge is 0.224 e. The highest BCUT2D eigenvalue weighted by Crippen LogP contribution is 2.19. The van der Waals surface area contributed by atoms with Gasteiger partial charge in [0.15, 0.2) is 0 Å². The van der Waals surface area contributed by atoms with Crippen molar-refractivity contribution in [1.29, 1.82) is 0 Å². The fourth-order valence-corrected chi connectivity index (χ4v) is 3.48. The second-order valence-corrected chi connectivity index (χ2v) is 7.24. The first-order valence-corrected chi connectivity index (χ1v) is 9.71. The van der Waals surface area contributed by atoms with Crippen LogP contribution in [-0.2, 0) is 29.5 Å². The molecule has 1 aliphatic heterocycles. The Morgan fingerprint density at radius 1 is 1.25 bits per heavy atom. The highest BCUT2D eigenvalue weighted by atomic mass is 16.5. The molecule has 1 aliphatic rings. The summed E-state index contributed by atoms with van der Waals surface area (Å²) in [7, 11) is 3.52. The normalized spacial score (nSPS) is 16.9. The third kappa shape index (κ3) is 5.34. The molecule has 0 bridgehead atoms. The molecule has 0 saturated carbocycles. The Kier molecular flexibility index (Phi) is 6.68. The summed E-state index contributed by atoms with van der Waals surface area (Å²) in [4.78, 5) is 26.6. The molecule has 1 saturated heterocycles. The van der Waals surface area contributed by atoms with Gasteiger partial charge in [-0.2, -0.15) is 5.10 Å². The van der Waals surface area contributed by atoms with E-state index in [9.17, 15) is 9.59 Å². The maximum Gasteiger partial charge on any atom is 0.224 e. The minimum atomic E-state index is -0.137. The lowest BCUT2D eigenvalue weighted by Crippen LogP contribution is -2.46. The van der Waals surface area contributed by atoms with Crippen molar-refractivity contribution >= 4 is 11.8 Å². The molecular formula is C21H28N4O3. The van der Waals surface area contributed by atoms with E-state index in [0.29, 0.717) is 32.5 Å². The SMILES string of the molecule is COc1ccc(CCN2C[C@H](C(=O)NCCc3cnn(C)c3)CCC2=O)cc1. The van der Waals surface area contributed by atoms with Gasteiger partial charge in [-0.15, -0.1) is 0 Å². The van der Waals surface area contributed by atoms with Gasteiger partial charge in [0, 0.05) is 39.3 Å². The Morgan fingerprint density at radius 3 is 2.71 bits per heavy atom. The number of aromatic nitrogens is 2. The van der Waals surface area contributed by atoms with E-state index in [1.165, 1.54) is 0 Å². The van der Waals surface area contributed by atoms with Crippen LogP contribution in [0.4, 0.5) is 0 Å². The second kappa shape index (κ2) is 9.39. The summed E-state index contributed by atoms with van der Waals surface area (Å²) in [6, 6.07) is 7.86. The van der Waals surface area contributed by atoms with Gasteiger partial charge in [-0.3, -0.25) is 14.3 Å². The van der Waals surface area contributed by atoms with Gasteiger partial charge in [-0.05, 0) is 42.5 Å². The predicted octanol–water partition coefficient (Wildman–Crippen LogP) is 1.57. The molecule has 1 aromatic carbocycles. The number of amides is 2. The minimum absolute atomic E-state index is 0.0332. The summed E-state index contributed by atoms with van der Waals surface area (Å²) in [5.74, 6) is 0.849. The van der Waals surface area contributed by atoms with Crippen LogP contribution in [0.15, 0.2) is 36.7 Å². The lowest BCUT2D eigenvalue weighted by Gasteiger charge is -2.32. The number of benzene rings is 1.